The van der Waals surface area contributed by atoms with Crippen molar-refractivity contribution >= 4 is 0 Å². The zero-order valence-electron chi connectivity index (χ0n) is 6.82. The van der Waals surface area contributed by atoms with E-state index in [1.54, 1.807) is 0 Å². The van der Waals surface area contributed by atoms with E-state index in [0.29, 0.717) is 5.41 Å². The van der Waals surface area contributed by atoms with Crippen molar-refractivity contribution < 1.29 is 0 Å². The lowest BCUT2D eigenvalue weighted by atomic mass is 9.74. The summed E-state index contributed by atoms with van der Waals surface area (Å²) in [6, 6.07) is 0. The molecule has 0 aliphatic heterocycles. The van der Waals surface area contributed by atoms with Crippen LogP contribution in [0.4, 0.5) is 0 Å². The molecule has 0 bridgehead atoms. The van der Waals surface area contributed by atoms with Gasteiger partial charge in [-0.15, -0.1) is 12.3 Å². The van der Waals surface area contributed by atoms with Gasteiger partial charge in [0.1, 0.15) is 0 Å². The van der Waals surface area contributed by atoms with Gasteiger partial charge in [-0.3, -0.25) is 0 Å². The molecular formula is C10H16. The van der Waals surface area contributed by atoms with Crippen molar-refractivity contribution in [2.75, 3.05) is 0 Å². The van der Waals surface area contributed by atoms with E-state index in [-0.39, 0.29) is 0 Å². The first-order valence-electron chi connectivity index (χ1n) is 4.20. The van der Waals surface area contributed by atoms with Crippen LogP contribution in [0.3, 0.4) is 0 Å². The molecule has 56 valence electrons. The highest BCUT2D eigenvalue weighted by Gasteiger charge is 2.25. The highest BCUT2D eigenvalue weighted by atomic mass is 14.3. The minimum Gasteiger partial charge on any atom is -0.120 e. The second-order valence-electron chi connectivity index (χ2n) is 3.75. The average molecular weight is 136 g/mol. The summed E-state index contributed by atoms with van der Waals surface area (Å²) in [7, 11) is 0. The summed E-state index contributed by atoms with van der Waals surface area (Å²) in [5.41, 5.74) is 0.493. The van der Waals surface area contributed by atoms with E-state index in [4.69, 9.17) is 6.42 Å². The van der Waals surface area contributed by atoms with Crippen molar-refractivity contribution in [3.63, 3.8) is 0 Å². The minimum absolute atomic E-state index is 0.493. The summed E-state index contributed by atoms with van der Waals surface area (Å²) in [4.78, 5) is 0. The molecule has 0 amide bonds. The van der Waals surface area contributed by atoms with E-state index in [1.165, 1.54) is 32.1 Å². The third-order valence-corrected chi connectivity index (χ3v) is 2.59. The number of rotatable bonds is 1. The number of terminal acetylenes is 1. The Balaban J connectivity index is 2.42. The summed E-state index contributed by atoms with van der Waals surface area (Å²) >= 11 is 0. The van der Waals surface area contributed by atoms with E-state index in [0.717, 1.165) is 6.42 Å². The molecule has 0 heteroatoms. The molecule has 0 spiro atoms. The standard InChI is InChI=1S/C10H16/c1-3-7-10(2)8-5-4-6-9-10/h1H,4-9H2,2H3. The fraction of sp³-hybridized carbons (Fsp3) is 0.800. The zero-order chi connectivity index (χ0) is 7.45. The van der Waals surface area contributed by atoms with Crippen LogP contribution in [0.1, 0.15) is 45.4 Å². The van der Waals surface area contributed by atoms with Gasteiger partial charge in [-0.05, 0) is 18.3 Å². The second-order valence-corrected chi connectivity index (χ2v) is 3.75. The molecule has 0 nitrogen and oxygen atoms in total. The van der Waals surface area contributed by atoms with Gasteiger partial charge >= 0.3 is 0 Å². The summed E-state index contributed by atoms with van der Waals surface area (Å²) in [5.74, 6) is 2.78. The third-order valence-electron chi connectivity index (χ3n) is 2.59. The van der Waals surface area contributed by atoms with E-state index in [1.807, 2.05) is 0 Å². The van der Waals surface area contributed by atoms with Gasteiger partial charge < -0.3 is 0 Å². The van der Waals surface area contributed by atoms with Crippen LogP contribution in [-0.2, 0) is 0 Å². The van der Waals surface area contributed by atoms with Crippen LogP contribution in [-0.4, -0.2) is 0 Å². The summed E-state index contributed by atoms with van der Waals surface area (Å²) in [5, 5.41) is 0. The van der Waals surface area contributed by atoms with Gasteiger partial charge in [-0.1, -0.05) is 26.2 Å². The highest BCUT2D eigenvalue weighted by molar-refractivity contribution is 4.93. The SMILES string of the molecule is C#CCC1(C)CCCCC1. The van der Waals surface area contributed by atoms with E-state index >= 15 is 0 Å². The third kappa shape index (κ3) is 1.77. The molecule has 0 N–H and O–H groups in total. The lowest BCUT2D eigenvalue weighted by molar-refractivity contribution is 0.223. The van der Waals surface area contributed by atoms with Gasteiger partial charge in [0, 0.05) is 6.42 Å². The molecule has 0 saturated heterocycles. The first-order chi connectivity index (χ1) is 4.77. The molecule has 1 rings (SSSR count). The molecule has 1 saturated carbocycles. The Morgan fingerprint density at radius 2 is 1.90 bits per heavy atom. The first-order valence-corrected chi connectivity index (χ1v) is 4.20. The van der Waals surface area contributed by atoms with Crippen LogP contribution in [0.15, 0.2) is 0 Å². The maximum absolute atomic E-state index is 5.29. The quantitative estimate of drug-likeness (QED) is 0.486. The van der Waals surface area contributed by atoms with E-state index in [2.05, 4.69) is 12.8 Å². The molecule has 10 heavy (non-hydrogen) atoms. The summed E-state index contributed by atoms with van der Waals surface area (Å²) < 4.78 is 0. The van der Waals surface area contributed by atoms with Crippen LogP contribution in [0, 0.1) is 17.8 Å². The Morgan fingerprint density at radius 3 is 2.40 bits per heavy atom. The van der Waals surface area contributed by atoms with Crippen LogP contribution in [0.25, 0.3) is 0 Å². The molecule has 0 unspecified atom stereocenters. The van der Waals surface area contributed by atoms with E-state index < -0.39 is 0 Å². The maximum atomic E-state index is 5.29. The smallest absolute Gasteiger partial charge is 0.0140 e. The molecule has 0 radical (unpaired) electrons. The van der Waals surface area contributed by atoms with Crippen molar-refractivity contribution in [2.24, 2.45) is 5.41 Å². The van der Waals surface area contributed by atoms with Gasteiger partial charge in [0.15, 0.2) is 0 Å². The Labute approximate surface area is 64.0 Å². The number of hydrogen-bond donors (Lipinski definition) is 0. The van der Waals surface area contributed by atoms with E-state index in [9.17, 15) is 0 Å². The normalized spacial score (nSPS) is 23.6. The van der Waals surface area contributed by atoms with Crippen LogP contribution < -0.4 is 0 Å². The minimum atomic E-state index is 0.493. The molecule has 0 aromatic rings. The first kappa shape index (κ1) is 7.66. The van der Waals surface area contributed by atoms with Gasteiger partial charge in [-0.2, -0.15) is 0 Å². The molecular weight excluding hydrogens is 120 g/mol. The fourth-order valence-electron chi connectivity index (χ4n) is 1.83. The average Bonchev–Trinajstić information content (AvgIpc) is 1.89. The topological polar surface area (TPSA) is 0 Å². The highest BCUT2D eigenvalue weighted by Crippen LogP contribution is 2.38. The zero-order valence-corrected chi connectivity index (χ0v) is 6.82. The van der Waals surface area contributed by atoms with Crippen LogP contribution in [0.2, 0.25) is 0 Å². The predicted octanol–water partition coefficient (Wildman–Crippen LogP) is 2.98. The molecule has 0 heterocycles. The Hall–Kier alpha value is -0.440. The van der Waals surface area contributed by atoms with Crippen molar-refractivity contribution in [2.45, 2.75) is 45.4 Å². The monoisotopic (exact) mass is 136 g/mol. The van der Waals surface area contributed by atoms with Crippen molar-refractivity contribution in [3.05, 3.63) is 0 Å². The molecule has 1 fully saturated rings. The van der Waals surface area contributed by atoms with Crippen LogP contribution in [0.5, 0.6) is 0 Å². The van der Waals surface area contributed by atoms with Gasteiger partial charge in [0.05, 0.1) is 0 Å². The summed E-state index contributed by atoms with van der Waals surface area (Å²) in [6.45, 7) is 2.33. The van der Waals surface area contributed by atoms with Gasteiger partial charge in [0.25, 0.3) is 0 Å². The predicted molar refractivity (Wildman–Crippen MR) is 44.6 cm³/mol. The second kappa shape index (κ2) is 3.10. The maximum Gasteiger partial charge on any atom is 0.0140 e. The molecule has 0 aromatic carbocycles. The number of hydrogen-bond acceptors (Lipinski definition) is 0. The summed E-state index contributed by atoms with van der Waals surface area (Å²) in [6.07, 6.45) is 13.2. The Morgan fingerprint density at radius 1 is 1.30 bits per heavy atom. The molecule has 1 aliphatic rings. The molecule has 0 atom stereocenters. The van der Waals surface area contributed by atoms with Crippen molar-refractivity contribution in [1.29, 1.82) is 0 Å². The lowest BCUT2D eigenvalue weighted by Crippen LogP contribution is -2.18. The van der Waals surface area contributed by atoms with Crippen molar-refractivity contribution in [3.8, 4) is 12.3 Å². The van der Waals surface area contributed by atoms with Crippen molar-refractivity contribution in [1.82, 2.24) is 0 Å². The molecule has 1 aliphatic carbocycles. The Bertz CT molecular complexity index is 133. The molecule has 0 aromatic heterocycles. The van der Waals surface area contributed by atoms with Gasteiger partial charge in [0.2, 0.25) is 0 Å². The fourth-order valence-corrected chi connectivity index (χ4v) is 1.83. The van der Waals surface area contributed by atoms with Crippen LogP contribution >= 0.6 is 0 Å². The Kier molecular flexibility index (Phi) is 2.38. The lowest BCUT2D eigenvalue weighted by Gasteiger charge is -2.31. The van der Waals surface area contributed by atoms with Gasteiger partial charge in [-0.25, -0.2) is 0 Å². The largest absolute Gasteiger partial charge is 0.120 e.